The number of aryl methyl sites for hydroxylation is 1. The molecule has 49 heavy (non-hydrogen) atoms. The van der Waals surface area contributed by atoms with Crippen LogP contribution >= 0.6 is 0 Å². The summed E-state index contributed by atoms with van der Waals surface area (Å²) in [4.78, 5) is 43.5. The highest BCUT2D eigenvalue weighted by molar-refractivity contribution is 6.03. The number of halogens is 3. The Bertz CT molecular complexity index is 1900. The molecule has 6 rings (SSSR count). The first-order valence-corrected chi connectivity index (χ1v) is 15.8. The number of fused-ring (bicyclic) bond motifs is 2. The van der Waals surface area contributed by atoms with Gasteiger partial charge in [0.2, 0.25) is 17.7 Å². The lowest BCUT2D eigenvalue weighted by Gasteiger charge is -2.25. The minimum Gasteiger partial charge on any atom is -0.466 e. The van der Waals surface area contributed by atoms with Crippen molar-refractivity contribution in [2.24, 2.45) is 18.9 Å². The van der Waals surface area contributed by atoms with E-state index in [-0.39, 0.29) is 40.3 Å². The molecule has 2 aliphatic heterocycles. The molecule has 2 saturated heterocycles. The number of ether oxygens (including phenoxy) is 2. The minimum atomic E-state index is -4.65. The molecule has 0 bridgehead atoms. The zero-order valence-electron chi connectivity index (χ0n) is 27.5. The fraction of sp³-hybridized carbons (Fsp3) is 0.382. The van der Waals surface area contributed by atoms with Crippen molar-refractivity contribution in [3.05, 3.63) is 60.9 Å². The van der Waals surface area contributed by atoms with Gasteiger partial charge in [0.05, 0.1) is 17.5 Å². The molecule has 0 spiro atoms. The van der Waals surface area contributed by atoms with Gasteiger partial charge in [-0.3, -0.25) is 4.79 Å². The van der Waals surface area contributed by atoms with Gasteiger partial charge in [-0.05, 0) is 50.9 Å². The smallest absolute Gasteiger partial charge is 0.422 e. The van der Waals surface area contributed by atoms with E-state index in [9.17, 15) is 22.8 Å². The van der Waals surface area contributed by atoms with Crippen LogP contribution in [0.4, 0.5) is 36.3 Å². The predicted octanol–water partition coefficient (Wildman–Crippen LogP) is 5.40. The Balaban J connectivity index is 1.44. The molecule has 1 amide bonds. The van der Waals surface area contributed by atoms with Gasteiger partial charge in [0.1, 0.15) is 11.3 Å². The van der Waals surface area contributed by atoms with Crippen LogP contribution in [-0.2, 0) is 16.6 Å². The number of carbonyl (C=O) groups is 2. The van der Waals surface area contributed by atoms with E-state index in [1.807, 2.05) is 54.0 Å². The molecule has 2 fully saturated rings. The number of hydrogen-bond acceptors (Lipinski definition) is 10. The number of anilines is 4. The molecule has 2 atom stereocenters. The van der Waals surface area contributed by atoms with Gasteiger partial charge in [-0.25, -0.2) is 14.8 Å². The summed E-state index contributed by atoms with van der Waals surface area (Å²) in [5, 5.41) is 6.49. The molecule has 258 valence electrons. The summed E-state index contributed by atoms with van der Waals surface area (Å²) in [7, 11) is 3.91. The lowest BCUT2D eigenvalue weighted by molar-refractivity contribution is -0.153. The molecule has 12 nitrogen and oxygen atoms in total. The number of carbonyl (C=O) groups excluding carboxylic acids is 2. The Hall–Kier alpha value is -5.18. The molecule has 2 aliphatic rings. The highest BCUT2D eigenvalue weighted by Gasteiger charge is 2.40. The number of benzene rings is 1. The number of likely N-dealkylation sites (tertiary alicyclic amines) is 1. The zero-order chi connectivity index (χ0) is 35.0. The SMILES string of the molecule is C=CC(=O)Nc1cc(Nc2ncc(C(=O)OC(C)C)c(-c3cn(C)c4ccccc34)n2)c(OCC(F)(F)F)nc1N1CC2CN(C)CC2C1. The average Bonchev–Trinajstić information content (AvgIpc) is 3.70. The third kappa shape index (κ3) is 7.31. The van der Waals surface area contributed by atoms with Crippen molar-refractivity contribution in [2.45, 2.75) is 26.1 Å². The van der Waals surface area contributed by atoms with E-state index in [0.717, 1.165) is 30.1 Å². The number of para-hydroxylation sites is 1. The van der Waals surface area contributed by atoms with Crippen molar-refractivity contribution in [3.63, 3.8) is 0 Å². The Morgan fingerprint density at radius 2 is 1.80 bits per heavy atom. The number of alkyl halides is 3. The molecular formula is C34H37F3N8O4. The number of esters is 1. The number of rotatable bonds is 10. The van der Waals surface area contributed by atoms with E-state index in [4.69, 9.17) is 9.47 Å². The predicted molar refractivity (Wildman–Crippen MR) is 179 cm³/mol. The van der Waals surface area contributed by atoms with Crippen LogP contribution in [0.3, 0.4) is 0 Å². The van der Waals surface area contributed by atoms with Gasteiger partial charge >= 0.3 is 12.1 Å². The van der Waals surface area contributed by atoms with Crippen LogP contribution in [-0.4, -0.2) is 88.4 Å². The van der Waals surface area contributed by atoms with Crippen LogP contribution in [0.2, 0.25) is 0 Å². The van der Waals surface area contributed by atoms with E-state index < -0.39 is 30.8 Å². The van der Waals surface area contributed by atoms with Crippen molar-refractivity contribution in [1.82, 2.24) is 24.4 Å². The van der Waals surface area contributed by atoms with Gasteiger partial charge in [0.25, 0.3) is 0 Å². The molecule has 0 saturated carbocycles. The van der Waals surface area contributed by atoms with Gasteiger partial charge in [-0.1, -0.05) is 24.8 Å². The van der Waals surface area contributed by atoms with Crippen LogP contribution in [0.5, 0.6) is 5.88 Å². The van der Waals surface area contributed by atoms with Gasteiger partial charge in [-0.2, -0.15) is 18.2 Å². The molecule has 2 N–H and O–H groups in total. The van der Waals surface area contributed by atoms with Crippen molar-refractivity contribution >= 4 is 45.9 Å². The van der Waals surface area contributed by atoms with Gasteiger partial charge < -0.3 is 34.5 Å². The molecule has 5 heterocycles. The second-order valence-electron chi connectivity index (χ2n) is 12.7. The van der Waals surface area contributed by atoms with Crippen molar-refractivity contribution < 1.29 is 32.2 Å². The number of amides is 1. The Kier molecular flexibility index (Phi) is 9.20. The lowest BCUT2D eigenvalue weighted by Crippen LogP contribution is -2.29. The second-order valence-corrected chi connectivity index (χ2v) is 12.7. The molecular weight excluding hydrogens is 641 g/mol. The summed E-state index contributed by atoms with van der Waals surface area (Å²) in [6.07, 6.45) is -0.851. The van der Waals surface area contributed by atoms with E-state index >= 15 is 0 Å². The maximum atomic E-state index is 13.4. The van der Waals surface area contributed by atoms with E-state index in [2.05, 4.69) is 37.1 Å². The summed E-state index contributed by atoms with van der Waals surface area (Å²) in [6, 6.07) is 9.01. The topological polar surface area (TPSA) is 127 Å². The molecule has 2 unspecified atom stereocenters. The molecule has 1 aromatic carbocycles. The third-order valence-corrected chi connectivity index (χ3v) is 8.50. The first-order valence-electron chi connectivity index (χ1n) is 15.8. The molecule has 3 aromatic heterocycles. The average molecular weight is 679 g/mol. The summed E-state index contributed by atoms with van der Waals surface area (Å²) in [5.41, 5.74) is 2.05. The maximum Gasteiger partial charge on any atom is 0.422 e. The first-order chi connectivity index (χ1) is 23.3. The monoisotopic (exact) mass is 678 g/mol. The highest BCUT2D eigenvalue weighted by atomic mass is 19.4. The van der Waals surface area contributed by atoms with Crippen molar-refractivity contribution in [1.29, 1.82) is 0 Å². The number of nitrogens with one attached hydrogen (secondary N) is 2. The summed E-state index contributed by atoms with van der Waals surface area (Å²) < 4.78 is 53.0. The molecule has 0 radical (unpaired) electrons. The summed E-state index contributed by atoms with van der Waals surface area (Å²) >= 11 is 0. The summed E-state index contributed by atoms with van der Waals surface area (Å²) in [6.45, 7) is 8.34. The van der Waals surface area contributed by atoms with Gasteiger partial charge in [0.15, 0.2) is 12.4 Å². The first kappa shape index (κ1) is 33.7. The Morgan fingerprint density at radius 1 is 1.08 bits per heavy atom. The molecule has 0 aliphatic carbocycles. The fourth-order valence-corrected chi connectivity index (χ4v) is 6.48. The maximum absolute atomic E-state index is 13.4. The number of hydrogen-bond donors (Lipinski definition) is 2. The van der Waals surface area contributed by atoms with Crippen LogP contribution in [0, 0.1) is 11.8 Å². The van der Waals surface area contributed by atoms with Crippen molar-refractivity contribution in [2.75, 3.05) is 55.4 Å². The van der Waals surface area contributed by atoms with E-state index in [1.165, 1.54) is 12.3 Å². The number of aromatic nitrogens is 4. The van der Waals surface area contributed by atoms with Crippen LogP contribution in [0.25, 0.3) is 22.2 Å². The lowest BCUT2D eigenvalue weighted by atomic mass is 10.0. The van der Waals surface area contributed by atoms with Crippen LogP contribution in [0.1, 0.15) is 24.2 Å². The largest absolute Gasteiger partial charge is 0.466 e. The minimum absolute atomic E-state index is 0.0344. The third-order valence-electron chi connectivity index (χ3n) is 8.50. The normalized spacial score (nSPS) is 17.8. The number of nitrogens with zero attached hydrogens (tertiary/aromatic N) is 6. The quantitative estimate of drug-likeness (QED) is 0.166. The van der Waals surface area contributed by atoms with Crippen molar-refractivity contribution in [3.8, 4) is 17.1 Å². The number of pyridine rings is 1. The van der Waals surface area contributed by atoms with Gasteiger partial charge in [0, 0.05) is 62.1 Å². The summed E-state index contributed by atoms with van der Waals surface area (Å²) in [5.74, 6) is -0.630. The van der Waals surface area contributed by atoms with Crippen LogP contribution in [0.15, 0.2) is 55.4 Å². The zero-order valence-corrected chi connectivity index (χ0v) is 27.5. The fourth-order valence-electron chi connectivity index (χ4n) is 6.48. The molecule has 4 aromatic rings. The van der Waals surface area contributed by atoms with Crippen LogP contribution < -0.4 is 20.3 Å². The van der Waals surface area contributed by atoms with E-state index in [0.29, 0.717) is 30.5 Å². The van der Waals surface area contributed by atoms with Gasteiger partial charge in [-0.15, -0.1) is 0 Å². The second kappa shape index (κ2) is 13.4. The Morgan fingerprint density at radius 3 is 2.47 bits per heavy atom. The van der Waals surface area contributed by atoms with E-state index in [1.54, 1.807) is 13.8 Å². The highest BCUT2D eigenvalue weighted by Crippen LogP contribution is 2.41. The standard InChI is InChI=1S/C34H37F3N8O4/c1-6-28(46)39-25-11-26(31(48-18-34(35,36)37)42-30(25)45-15-20-13-43(4)14-21(20)16-45)40-33-38-12-23(32(47)49-19(2)3)29(41-33)24-17-44(5)27-10-8-7-9-22(24)27/h6-12,17,19-21H,1,13-16,18H2,2-5H3,(H,39,46)(H,38,40,41). The Labute approximate surface area is 280 Å². The molecule has 15 heteroatoms.